The third-order valence-corrected chi connectivity index (χ3v) is 3.11. The fraction of sp³-hybridized carbons (Fsp3) is 0.909. The minimum Gasteiger partial charge on any atom is -0.337 e. The van der Waals surface area contributed by atoms with Crippen LogP contribution in [0.15, 0.2) is 0 Å². The Morgan fingerprint density at radius 3 is 2.40 bits per heavy atom. The van der Waals surface area contributed by atoms with Crippen molar-refractivity contribution in [1.82, 2.24) is 16.0 Å². The third kappa shape index (κ3) is 4.08. The monoisotopic (exact) mass is 211 g/mol. The first-order valence-corrected chi connectivity index (χ1v) is 6.12. The highest BCUT2D eigenvalue weighted by Crippen LogP contribution is 2.18. The molecular formula is C11H21N3O. The molecule has 2 fully saturated rings. The third-order valence-electron chi connectivity index (χ3n) is 3.11. The maximum Gasteiger partial charge on any atom is 0.315 e. The van der Waals surface area contributed by atoms with Crippen molar-refractivity contribution in [3.63, 3.8) is 0 Å². The van der Waals surface area contributed by atoms with E-state index in [1.165, 1.54) is 25.7 Å². The molecule has 0 bridgehead atoms. The fourth-order valence-electron chi connectivity index (χ4n) is 2.05. The molecule has 15 heavy (non-hydrogen) atoms. The molecular weight excluding hydrogens is 190 g/mol. The van der Waals surface area contributed by atoms with Crippen molar-refractivity contribution < 1.29 is 4.79 Å². The minimum absolute atomic E-state index is 0.000466. The van der Waals surface area contributed by atoms with E-state index < -0.39 is 0 Å². The van der Waals surface area contributed by atoms with Crippen molar-refractivity contribution in [2.24, 2.45) is 0 Å². The van der Waals surface area contributed by atoms with Gasteiger partial charge in [0, 0.05) is 25.2 Å². The van der Waals surface area contributed by atoms with Crippen molar-refractivity contribution in [1.29, 1.82) is 0 Å². The molecule has 0 spiro atoms. The van der Waals surface area contributed by atoms with Gasteiger partial charge in [0.05, 0.1) is 0 Å². The van der Waals surface area contributed by atoms with E-state index in [1.54, 1.807) is 0 Å². The van der Waals surface area contributed by atoms with Crippen molar-refractivity contribution in [3.05, 3.63) is 0 Å². The predicted molar refractivity (Wildman–Crippen MR) is 59.8 cm³/mol. The van der Waals surface area contributed by atoms with Crippen LogP contribution >= 0.6 is 0 Å². The zero-order valence-corrected chi connectivity index (χ0v) is 9.22. The van der Waals surface area contributed by atoms with E-state index in [4.69, 9.17) is 0 Å². The standard InChI is InChI=1S/C11H21N3O/c15-11(14-10-3-1-2-4-10)13-8-7-12-9-5-6-9/h9-10,12H,1-8H2,(H2,13,14,15). The fourth-order valence-corrected chi connectivity index (χ4v) is 2.05. The smallest absolute Gasteiger partial charge is 0.315 e. The summed E-state index contributed by atoms with van der Waals surface area (Å²) < 4.78 is 0. The van der Waals surface area contributed by atoms with Gasteiger partial charge in [-0.15, -0.1) is 0 Å². The van der Waals surface area contributed by atoms with Gasteiger partial charge in [-0.05, 0) is 25.7 Å². The number of carbonyl (C=O) groups excluding carboxylic acids is 1. The van der Waals surface area contributed by atoms with Crippen molar-refractivity contribution >= 4 is 6.03 Å². The van der Waals surface area contributed by atoms with Gasteiger partial charge in [-0.25, -0.2) is 4.79 Å². The van der Waals surface area contributed by atoms with Crippen molar-refractivity contribution in [3.8, 4) is 0 Å². The Balaban J connectivity index is 1.47. The molecule has 86 valence electrons. The van der Waals surface area contributed by atoms with E-state index in [2.05, 4.69) is 16.0 Å². The van der Waals surface area contributed by atoms with Gasteiger partial charge in [-0.1, -0.05) is 12.8 Å². The summed E-state index contributed by atoms with van der Waals surface area (Å²) in [5.41, 5.74) is 0. The van der Waals surface area contributed by atoms with Gasteiger partial charge >= 0.3 is 6.03 Å². The molecule has 4 nitrogen and oxygen atoms in total. The Morgan fingerprint density at radius 1 is 1.00 bits per heavy atom. The lowest BCUT2D eigenvalue weighted by Gasteiger charge is -2.12. The molecule has 2 aliphatic carbocycles. The Kier molecular flexibility index (Phi) is 3.83. The number of nitrogens with one attached hydrogen (secondary N) is 3. The SMILES string of the molecule is O=C(NCCNC1CC1)NC1CCCC1. The summed E-state index contributed by atoms with van der Waals surface area (Å²) in [7, 11) is 0. The zero-order valence-electron chi connectivity index (χ0n) is 9.22. The van der Waals surface area contributed by atoms with Crippen LogP contribution < -0.4 is 16.0 Å². The van der Waals surface area contributed by atoms with Gasteiger partial charge in [-0.3, -0.25) is 0 Å². The van der Waals surface area contributed by atoms with Gasteiger partial charge in [0.2, 0.25) is 0 Å². The summed E-state index contributed by atoms with van der Waals surface area (Å²) in [4.78, 5) is 11.4. The largest absolute Gasteiger partial charge is 0.337 e. The highest BCUT2D eigenvalue weighted by atomic mass is 16.2. The maximum atomic E-state index is 11.4. The zero-order chi connectivity index (χ0) is 10.5. The molecule has 2 amide bonds. The molecule has 0 saturated heterocycles. The highest BCUT2D eigenvalue weighted by molar-refractivity contribution is 5.74. The Morgan fingerprint density at radius 2 is 1.73 bits per heavy atom. The molecule has 0 unspecified atom stereocenters. The van der Waals surface area contributed by atoms with Crippen LogP contribution in [0.3, 0.4) is 0 Å². The van der Waals surface area contributed by atoms with Crippen LogP contribution in [-0.4, -0.2) is 31.2 Å². The van der Waals surface area contributed by atoms with E-state index in [-0.39, 0.29) is 6.03 Å². The van der Waals surface area contributed by atoms with E-state index in [0.717, 1.165) is 32.0 Å². The molecule has 2 saturated carbocycles. The number of hydrogen-bond acceptors (Lipinski definition) is 2. The lowest BCUT2D eigenvalue weighted by Crippen LogP contribution is -2.43. The number of carbonyl (C=O) groups is 1. The van der Waals surface area contributed by atoms with E-state index in [9.17, 15) is 4.79 Å². The van der Waals surface area contributed by atoms with Gasteiger partial charge in [-0.2, -0.15) is 0 Å². The quantitative estimate of drug-likeness (QED) is 0.594. The molecule has 0 aromatic rings. The number of amides is 2. The first kappa shape index (κ1) is 10.7. The number of rotatable bonds is 5. The summed E-state index contributed by atoms with van der Waals surface area (Å²) >= 11 is 0. The maximum absolute atomic E-state index is 11.4. The van der Waals surface area contributed by atoms with Gasteiger partial charge < -0.3 is 16.0 Å². The first-order chi connectivity index (χ1) is 7.34. The molecule has 0 radical (unpaired) electrons. The minimum atomic E-state index is -0.000466. The van der Waals surface area contributed by atoms with Crippen LogP contribution in [-0.2, 0) is 0 Å². The Bertz CT molecular complexity index is 210. The topological polar surface area (TPSA) is 53.2 Å². The van der Waals surface area contributed by atoms with Crippen LogP contribution in [0, 0.1) is 0 Å². The normalized spacial score (nSPS) is 21.6. The Labute approximate surface area is 91.2 Å². The number of urea groups is 1. The summed E-state index contributed by atoms with van der Waals surface area (Å²) in [5.74, 6) is 0. The van der Waals surface area contributed by atoms with Crippen LogP contribution in [0.2, 0.25) is 0 Å². The Hall–Kier alpha value is -0.770. The summed E-state index contributed by atoms with van der Waals surface area (Å²) in [5, 5.41) is 9.25. The van der Waals surface area contributed by atoms with E-state index in [0.29, 0.717) is 6.04 Å². The molecule has 0 aromatic carbocycles. The summed E-state index contributed by atoms with van der Waals surface area (Å²) in [6, 6.07) is 1.14. The van der Waals surface area contributed by atoms with Gasteiger partial charge in [0.15, 0.2) is 0 Å². The van der Waals surface area contributed by atoms with Crippen LogP contribution in [0.4, 0.5) is 4.79 Å². The molecule has 0 aromatic heterocycles. The van der Waals surface area contributed by atoms with Crippen molar-refractivity contribution in [2.45, 2.75) is 50.6 Å². The second kappa shape index (κ2) is 5.35. The number of hydrogen-bond donors (Lipinski definition) is 3. The summed E-state index contributed by atoms with van der Waals surface area (Å²) in [6.45, 7) is 1.62. The van der Waals surface area contributed by atoms with Crippen LogP contribution in [0.1, 0.15) is 38.5 Å². The molecule has 2 aliphatic rings. The second-order valence-electron chi connectivity index (χ2n) is 4.61. The van der Waals surface area contributed by atoms with Gasteiger partial charge in [0.25, 0.3) is 0 Å². The summed E-state index contributed by atoms with van der Waals surface area (Å²) in [6.07, 6.45) is 7.41. The average Bonchev–Trinajstić information content (AvgIpc) is 2.91. The van der Waals surface area contributed by atoms with Crippen LogP contribution in [0.25, 0.3) is 0 Å². The molecule has 2 rings (SSSR count). The van der Waals surface area contributed by atoms with E-state index >= 15 is 0 Å². The highest BCUT2D eigenvalue weighted by Gasteiger charge is 2.20. The second-order valence-corrected chi connectivity index (χ2v) is 4.61. The molecule has 0 heterocycles. The first-order valence-electron chi connectivity index (χ1n) is 6.12. The van der Waals surface area contributed by atoms with Crippen LogP contribution in [0.5, 0.6) is 0 Å². The molecule has 0 aliphatic heterocycles. The lowest BCUT2D eigenvalue weighted by molar-refractivity contribution is 0.237. The molecule has 0 atom stereocenters. The lowest BCUT2D eigenvalue weighted by atomic mass is 10.2. The van der Waals surface area contributed by atoms with Gasteiger partial charge in [0.1, 0.15) is 0 Å². The average molecular weight is 211 g/mol. The predicted octanol–water partition coefficient (Wildman–Crippen LogP) is 0.980. The van der Waals surface area contributed by atoms with Crippen molar-refractivity contribution in [2.75, 3.05) is 13.1 Å². The molecule has 3 N–H and O–H groups in total. The molecule has 4 heteroatoms. The van der Waals surface area contributed by atoms with E-state index in [1.807, 2.05) is 0 Å².